The van der Waals surface area contributed by atoms with E-state index < -0.39 is 0 Å². The molecule has 0 radical (unpaired) electrons. The van der Waals surface area contributed by atoms with Crippen LogP contribution in [0.1, 0.15) is 31.7 Å². The molecule has 2 amide bonds. The zero-order valence-electron chi connectivity index (χ0n) is 14.4. The van der Waals surface area contributed by atoms with Crippen molar-refractivity contribution in [3.63, 3.8) is 0 Å². The van der Waals surface area contributed by atoms with Gasteiger partial charge in [-0.3, -0.25) is 9.59 Å². The molecule has 2 aliphatic heterocycles. The average molecular weight is 329 g/mol. The van der Waals surface area contributed by atoms with Gasteiger partial charge in [0.15, 0.2) is 0 Å². The summed E-state index contributed by atoms with van der Waals surface area (Å²) in [5.41, 5.74) is 7.89. The molecular weight excluding hydrogens is 302 g/mol. The summed E-state index contributed by atoms with van der Waals surface area (Å²) in [7, 11) is 0. The third-order valence-corrected chi connectivity index (χ3v) is 5.19. The second-order valence-electron chi connectivity index (χ2n) is 7.00. The lowest BCUT2D eigenvalue weighted by atomic mass is 10.1. The number of benzene rings is 1. The minimum atomic E-state index is -0.218. The van der Waals surface area contributed by atoms with E-state index in [0.717, 1.165) is 38.0 Å². The van der Waals surface area contributed by atoms with E-state index in [-0.39, 0.29) is 17.7 Å². The molecule has 5 heteroatoms. The van der Waals surface area contributed by atoms with E-state index in [4.69, 9.17) is 5.73 Å². The summed E-state index contributed by atoms with van der Waals surface area (Å²) < 4.78 is 0. The van der Waals surface area contributed by atoms with Crippen LogP contribution in [0.15, 0.2) is 24.3 Å². The van der Waals surface area contributed by atoms with E-state index in [1.165, 1.54) is 5.56 Å². The van der Waals surface area contributed by atoms with Crippen LogP contribution in [0.4, 0.5) is 5.69 Å². The molecule has 2 aliphatic rings. The van der Waals surface area contributed by atoms with Gasteiger partial charge in [0.05, 0.1) is 5.92 Å². The molecular formula is C19H27N3O2. The van der Waals surface area contributed by atoms with Gasteiger partial charge in [0.25, 0.3) is 0 Å². The zero-order chi connectivity index (χ0) is 17.1. The summed E-state index contributed by atoms with van der Waals surface area (Å²) in [6.45, 7) is 4.79. The number of hydrogen-bond donors (Lipinski definition) is 1. The molecule has 1 aromatic rings. The van der Waals surface area contributed by atoms with E-state index >= 15 is 0 Å². The molecule has 1 aromatic carbocycles. The number of carbonyl (C=O) groups is 2. The highest BCUT2D eigenvalue weighted by molar-refractivity contribution is 6.00. The van der Waals surface area contributed by atoms with Crippen LogP contribution in [0.3, 0.4) is 0 Å². The van der Waals surface area contributed by atoms with Crippen LogP contribution in [-0.2, 0) is 16.0 Å². The number of nitrogens with zero attached hydrogens (tertiary/aromatic N) is 2. The molecule has 130 valence electrons. The van der Waals surface area contributed by atoms with Crippen LogP contribution >= 0.6 is 0 Å². The Morgan fingerprint density at radius 2 is 2.00 bits per heavy atom. The van der Waals surface area contributed by atoms with E-state index in [1.807, 2.05) is 17.0 Å². The molecule has 0 bridgehead atoms. The van der Waals surface area contributed by atoms with Crippen LogP contribution in [0.25, 0.3) is 0 Å². The van der Waals surface area contributed by atoms with Crippen molar-refractivity contribution in [3.05, 3.63) is 29.8 Å². The molecule has 2 unspecified atom stereocenters. The number of anilines is 1. The summed E-state index contributed by atoms with van der Waals surface area (Å²) in [6, 6.07) is 8.15. The highest BCUT2D eigenvalue weighted by Gasteiger charge is 2.38. The first kappa shape index (κ1) is 17.0. The van der Waals surface area contributed by atoms with Gasteiger partial charge in [-0.1, -0.05) is 25.5 Å². The normalized spacial score (nSPS) is 24.0. The van der Waals surface area contributed by atoms with Gasteiger partial charge in [-0.2, -0.15) is 0 Å². The molecule has 2 heterocycles. The van der Waals surface area contributed by atoms with Crippen LogP contribution < -0.4 is 10.6 Å². The van der Waals surface area contributed by atoms with Gasteiger partial charge in [-0.15, -0.1) is 0 Å². The number of aryl methyl sites for hydroxylation is 1. The molecule has 0 aromatic heterocycles. The topological polar surface area (TPSA) is 66.6 Å². The van der Waals surface area contributed by atoms with E-state index in [1.54, 1.807) is 4.90 Å². The van der Waals surface area contributed by atoms with E-state index in [2.05, 4.69) is 19.1 Å². The molecule has 2 N–H and O–H groups in total. The Labute approximate surface area is 143 Å². The highest BCUT2D eigenvalue weighted by atomic mass is 16.2. The summed E-state index contributed by atoms with van der Waals surface area (Å²) in [5, 5.41) is 0. The zero-order valence-corrected chi connectivity index (χ0v) is 14.4. The first-order chi connectivity index (χ1) is 11.6. The van der Waals surface area contributed by atoms with Gasteiger partial charge in [0.1, 0.15) is 0 Å². The quantitative estimate of drug-likeness (QED) is 0.896. The SMILES string of the molecule is CCCc1ccc(N2CC(C(=O)N3CCC(CN)C3)CC2=O)cc1. The van der Waals surface area contributed by atoms with Gasteiger partial charge < -0.3 is 15.5 Å². The molecule has 2 atom stereocenters. The number of hydrogen-bond acceptors (Lipinski definition) is 3. The van der Waals surface area contributed by atoms with Crippen molar-refractivity contribution in [2.24, 2.45) is 17.6 Å². The molecule has 24 heavy (non-hydrogen) atoms. The van der Waals surface area contributed by atoms with Gasteiger partial charge in [0, 0.05) is 31.7 Å². The number of amides is 2. The molecule has 0 aliphatic carbocycles. The lowest BCUT2D eigenvalue weighted by Gasteiger charge is -2.21. The second kappa shape index (κ2) is 7.34. The Bertz CT molecular complexity index is 599. The monoisotopic (exact) mass is 329 g/mol. The van der Waals surface area contributed by atoms with Crippen LogP contribution in [0.5, 0.6) is 0 Å². The lowest BCUT2D eigenvalue weighted by molar-refractivity contribution is -0.134. The Kier molecular flexibility index (Phi) is 5.19. The van der Waals surface area contributed by atoms with Gasteiger partial charge in [-0.25, -0.2) is 0 Å². The Morgan fingerprint density at radius 3 is 2.62 bits per heavy atom. The van der Waals surface area contributed by atoms with Crippen LogP contribution in [0.2, 0.25) is 0 Å². The average Bonchev–Trinajstić information content (AvgIpc) is 3.22. The fourth-order valence-electron chi connectivity index (χ4n) is 3.74. The molecule has 2 saturated heterocycles. The fourth-order valence-corrected chi connectivity index (χ4v) is 3.74. The molecule has 5 nitrogen and oxygen atoms in total. The summed E-state index contributed by atoms with van der Waals surface area (Å²) in [4.78, 5) is 28.7. The predicted octanol–water partition coefficient (Wildman–Crippen LogP) is 1.80. The maximum Gasteiger partial charge on any atom is 0.228 e. The number of likely N-dealkylation sites (tertiary alicyclic amines) is 1. The summed E-state index contributed by atoms with van der Waals surface area (Å²) in [5.74, 6) is 0.355. The lowest BCUT2D eigenvalue weighted by Crippen LogP contribution is -2.36. The van der Waals surface area contributed by atoms with Crippen LogP contribution in [-0.4, -0.2) is 42.9 Å². The third-order valence-electron chi connectivity index (χ3n) is 5.19. The van der Waals surface area contributed by atoms with Crippen molar-refractivity contribution in [3.8, 4) is 0 Å². The molecule has 0 spiro atoms. The Hall–Kier alpha value is -1.88. The minimum Gasteiger partial charge on any atom is -0.342 e. The Balaban J connectivity index is 1.64. The molecule has 2 fully saturated rings. The summed E-state index contributed by atoms with van der Waals surface area (Å²) >= 11 is 0. The maximum absolute atomic E-state index is 12.7. The first-order valence-electron chi connectivity index (χ1n) is 9.00. The largest absolute Gasteiger partial charge is 0.342 e. The van der Waals surface area contributed by atoms with E-state index in [9.17, 15) is 9.59 Å². The van der Waals surface area contributed by atoms with Crippen molar-refractivity contribution in [2.45, 2.75) is 32.6 Å². The number of carbonyl (C=O) groups excluding carboxylic acids is 2. The fraction of sp³-hybridized carbons (Fsp3) is 0.579. The van der Waals surface area contributed by atoms with Gasteiger partial charge >= 0.3 is 0 Å². The van der Waals surface area contributed by atoms with Crippen molar-refractivity contribution in [2.75, 3.05) is 31.1 Å². The van der Waals surface area contributed by atoms with Crippen LogP contribution in [0, 0.1) is 11.8 Å². The van der Waals surface area contributed by atoms with Crippen molar-refractivity contribution in [1.82, 2.24) is 4.90 Å². The van der Waals surface area contributed by atoms with Gasteiger partial charge in [0.2, 0.25) is 11.8 Å². The second-order valence-corrected chi connectivity index (χ2v) is 7.00. The van der Waals surface area contributed by atoms with Crippen molar-refractivity contribution in [1.29, 1.82) is 0 Å². The van der Waals surface area contributed by atoms with Crippen molar-refractivity contribution >= 4 is 17.5 Å². The standard InChI is InChI=1S/C19H27N3O2/c1-2-3-14-4-6-17(7-5-14)22-13-16(10-18(22)23)19(24)21-9-8-15(11-20)12-21/h4-7,15-16H,2-3,8-13,20H2,1H3. The number of rotatable bonds is 5. The molecule has 3 rings (SSSR count). The highest BCUT2D eigenvalue weighted by Crippen LogP contribution is 2.28. The third kappa shape index (κ3) is 3.46. The Morgan fingerprint density at radius 1 is 1.25 bits per heavy atom. The number of nitrogens with two attached hydrogens (primary N) is 1. The predicted molar refractivity (Wildman–Crippen MR) is 94.6 cm³/mol. The summed E-state index contributed by atoms with van der Waals surface area (Å²) in [6.07, 6.45) is 3.45. The smallest absolute Gasteiger partial charge is 0.228 e. The minimum absolute atomic E-state index is 0.0474. The maximum atomic E-state index is 12.7. The van der Waals surface area contributed by atoms with Gasteiger partial charge in [-0.05, 0) is 43.0 Å². The van der Waals surface area contributed by atoms with Crippen molar-refractivity contribution < 1.29 is 9.59 Å². The van der Waals surface area contributed by atoms with E-state index in [0.29, 0.717) is 25.4 Å². The first-order valence-corrected chi connectivity index (χ1v) is 9.00. The molecule has 0 saturated carbocycles.